The van der Waals surface area contributed by atoms with E-state index >= 15 is 0 Å². The van der Waals surface area contributed by atoms with Crippen LogP contribution < -0.4 is 0 Å². The van der Waals surface area contributed by atoms with Gasteiger partial charge in [-0.15, -0.1) is 0 Å². The molecule has 1 atom stereocenters. The quantitative estimate of drug-likeness (QED) is 0.440. The van der Waals surface area contributed by atoms with E-state index < -0.39 is 0 Å². The molecule has 0 saturated carbocycles. The minimum atomic E-state index is 0.896. The lowest BCUT2D eigenvalue weighted by Crippen LogP contribution is -1.91. The Hall–Kier alpha value is 0.700. The second-order valence-electron chi connectivity index (χ2n) is 2.48. The van der Waals surface area contributed by atoms with Gasteiger partial charge in [0.1, 0.15) is 0 Å². The molecule has 1 radical (unpaired) electrons. The molecule has 1 unspecified atom stereocenters. The highest BCUT2D eigenvalue weighted by molar-refractivity contribution is 8.68. The fourth-order valence-corrected chi connectivity index (χ4v) is 1.33. The molecule has 0 aliphatic heterocycles. The molecule has 0 fully saturated rings. The molecule has 0 aliphatic rings. The first-order chi connectivity index (χ1) is 4.31. The smallest absolute Gasteiger partial charge is 0.00455 e. The number of rotatable bonds is 5. The third kappa shape index (κ3) is 6.59. The molecule has 55 valence electrons. The summed E-state index contributed by atoms with van der Waals surface area (Å²) in [7, 11) is 1.54. The summed E-state index contributed by atoms with van der Waals surface area (Å²) in [5.74, 6) is 2.05. The maximum absolute atomic E-state index is 4.76. The zero-order chi connectivity index (χ0) is 7.11. The van der Waals surface area contributed by atoms with Crippen LogP contribution in [0.5, 0.6) is 0 Å². The van der Waals surface area contributed by atoms with Gasteiger partial charge >= 0.3 is 0 Å². The second kappa shape index (κ2) is 6.81. The Bertz CT molecular complexity index is 54.9. The molecule has 0 rings (SSSR count). The van der Waals surface area contributed by atoms with Crippen LogP contribution in [-0.4, -0.2) is 5.75 Å². The number of hydrogen-bond donors (Lipinski definition) is 0. The van der Waals surface area contributed by atoms with Crippen LogP contribution in [0.4, 0.5) is 0 Å². The molecule has 0 saturated heterocycles. The zero-order valence-corrected chi connectivity index (χ0v) is 7.86. The average molecular weight is 163 g/mol. The van der Waals surface area contributed by atoms with Crippen molar-refractivity contribution in [1.82, 2.24) is 0 Å². The van der Waals surface area contributed by atoms with Gasteiger partial charge in [-0.05, 0) is 30.4 Å². The molecule has 0 aliphatic carbocycles. The van der Waals surface area contributed by atoms with Crippen molar-refractivity contribution in [3.63, 3.8) is 0 Å². The lowest BCUT2D eigenvalue weighted by atomic mass is 10.0. The Morgan fingerprint density at radius 3 is 2.67 bits per heavy atom. The normalized spacial score (nSPS) is 13.7. The fourth-order valence-electron chi connectivity index (χ4n) is 0.695. The van der Waals surface area contributed by atoms with Crippen LogP contribution in [-0.2, 0) is 0 Å². The van der Waals surface area contributed by atoms with Crippen LogP contribution in [0, 0.1) is 5.92 Å². The van der Waals surface area contributed by atoms with E-state index in [0.29, 0.717) is 0 Å². The highest BCUT2D eigenvalue weighted by atomic mass is 33.1. The first kappa shape index (κ1) is 9.70. The van der Waals surface area contributed by atoms with Gasteiger partial charge in [0.2, 0.25) is 0 Å². The second-order valence-corrected chi connectivity index (χ2v) is 3.83. The number of hydrogen-bond acceptors (Lipinski definition) is 1. The highest BCUT2D eigenvalue weighted by Crippen LogP contribution is 2.13. The van der Waals surface area contributed by atoms with Crippen molar-refractivity contribution in [2.45, 2.75) is 33.1 Å². The fraction of sp³-hybridized carbons (Fsp3) is 1.00. The van der Waals surface area contributed by atoms with E-state index in [1.54, 1.807) is 0 Å². The van der Waals surface area contributed by atoms with Gasteiger partial charge in [-0.1, -0.05) is 31.1 Å². The summed E-state index contributed by atoms with van der Waals surface area (Å²) in [6.45, 7) is 4.54. The Balaban J connectivity index is 2.88. The van der Waals surface area contributed by atoms with Crippen molar-refractivity contribution < 1.29 is 0 Å². The molecule has 0 heterocycles. The molecule has 0 aromatic carbocycles. The van der Waals surface area contributed by atoms with Crippen molar-refractivity contribution in [2.24, 2.45) is 5.92 Å². The third-order valence-corrected chi connectivity index (χ3v) is 2.58. The van der Waals surface area contributed by atoms with Crippen LogP contribution >= 0.6 is 22.5 Å². The predicted octanol–water partition coefficient (Wildman–Crippen LogP) is 3.66. The van der Waals surface area contributed by atoms with E-state index in [2.05, 4.69) is 13.8 Å². The lowest BCUT2D eigenvalue weighted by molar-refractivity contribution is 0.511. The predicted molar refractivity (Wildman–Crippen MR) is 48.7 cm³/mol. The van der Waals surface area contributed by atoms with Crippen LogP contribution in [0.2, 0.25) is 0 Å². The van der Waals surface area contributed by atoms with E-state index in [1.165, 1.54) is 30.1 Å². The Morgan fingerprint density at radius 1 is 1.56 bits per heavy atom. The van der Waals surface area contributed by atoms with Gasteiger partial charge in [0, 0.05) is 5.75 Å². The SMILES string of the molecule is CCC(C)CCCS[S]. The molecule has 0 amide bonds. The molecule has 2 heteroatoms. The van der Waals surface area contributed by atoms with E-state index in [9.17, 15) is 0 Å². The molecule has 0 N–H and O–H groups in total. The summed E-state index contributed by atoms with van der Waals surface area (Å²) in [6, 6.07) is 0. The first-order valence-corrected chi connectivity index (χ1v) is 5.47. The van der Waals surface area contributed by atoms with E-state index in [4.69, 9.17) is 11.7 Å². The molecule has 0 nitrogen and oxygen atoms in total. The molecule has 9 heavy (non-hydrogen) atoms. The van der Waals surface area contributed by atoms with E-state index in [1.807, 2.05) is 0 Å². The van der Waals surface area contributed by atoms with Gasteiger partial charge < -0.3 is 0 Å². The van der Waals surface area contributed by atoms with Crippen LogP contribution in [0.25, 0.3) is 0 Å². The van der Waals surface area contributed by atoms with Crippen molar-refractivity contribution in [2.75, 3.05) is 5.75 Å². The van der Waals surface area contributed by atoms with Gasteiger partial charge in [0.05, 0.1) is 0 Å². The van der Waals surface area contributed by atoms with Crippen molar-refractivity contribution in [3.05, 3.63) is 0 Å². The Kier molecular flexibility index (Phi) is 7.34. The van der Waals surface area contributed by atoms with Crippen LogP contribution in [0.1, 0.15) is 33.1 Å². The molecule has 0 aromatic heterocycles. The molecular formula is C7H15S2. The van der Waals surface area contributed by atoms with Crippen molar-refractivity contribution >= 4 is 22.5 Å². The molecular weight excluding hydrogens is 148 g/mol. The summed E-state index contributed by atoms with van der Waals surface area (Å²) in [5.41, 5.74) is 0. The van der Waals surface area contributed by atoms with Crippen LogP contribution in [0.3, 0.4) is 0 Å². The lowest BCUT2D eigenvalue weighted by Gasteiger charge is -2.05. The summed E-state index contributed by atoms with van der Waals surface area (Å²) in [6.07, 6.45) is 3.95. The maximum atomic E-state index is 4.76. The monoisotopic (exact) mass is 163 g/mol. The minimum absolute atomic E-state index is 0.896. The van der Waals surface area contributed by atoms with Gasteiger partial charge in [0.25, 0.3) is 0 Å². The minimum Gasteiger partial charge on any atom is -0.0817 e. The van der Waals surface area contributed by atoms with E-state index in [0.717, 1.165) is 11.7 Å². The van der Waals surface area contributed by atoms with Gasteiger partial charge in [-0.2, -0.15) is 0 Å². The first-order valence-electron chi connectivity index (χ1n) is 3.56. The Labute approximate surface area is 67.6 Å². The van der Waals surface area contributed by atoms with Gasteiger partial charge in [0.15, 0.2) is 0 Å². The molecule has 0 bridgehead atoms. The summed E-state index contributed by atoms with van der Waals surface area (Å²) < 4.78 is 0. The standard InChI is InChI=1S/C7H15S2/c1-3-7(2)5-4-6-9-8/h7H,3-6H2,1-2H3. The summed E-state index contributed by atoms with van der Waals surface area (Å²) >= 11 is 4.76. The van der Waals surface area contributed by atoms with Crippen LogP contribution in [0.15, 0.2) is 0 Å². The largest absolute Gasteiger partial charge is 0.0817 e. The topological polar surface area (TPSA) is 0 Å². The van der Waals surface area contributed by atoms with Crippen molar-refractivity contribution in [1.29, 1.82) is 0 Å². The summed E-state index contributed by atoms with van der Waals surface area (Å²) in [5, 5.41) is 0. The zero-order valence-electron chi connectivity index (χ0n) is 6.22. The highest BCUT2D eigenvalue weighted by Gasteiger charge is 1.96. The molecule has 0 spiro atoms. The van der Waals surface area contributed by atoms with Gasteiger partial charge in [-0.25, -0.2) is 0 Å². The molecule has 0 aromatic rings. The van der Waals surface area contributed by atoms with E-state index in [-0.39, 0.29) is 0 Å². The average Bonchev–Trinajstić information content (AvgIpc) is 1.89. The van der Waals surface area contributed by atoms with Gasteiger partial charge in [-0.3, -0.25) is 0 Å². The van der Waals surface area contributed by atoms with Crippen molar-refractivity contribution in [3.8, 4) is 0 Å². The summed E-state index contributed by atoms with van der Waals surface area (Å²) in [4.78, 5) is 0. The Morgan fingerprint density at radius 2 is 2.22 bits per heavy atom. The third-order valence-electron chi connectivity index (χ3n) is 1.62. The maximum Gasteiger partial charge on any atom is 0.00455 e.